The van der Waals surface area contributed by atoms with E-state index in [4.69, 9.17) is 9.73 Å². The summed E-state index contributed by atoms with van der Waals surface area (Å²) in [5.41, 5.74) is 4.62. The first-order valence-corrected chi connectivity index (χ1v) is 9.00. The zero-order valence-corrected chi connectivity index (χ0v) is 14.6. The topological polar surface area (TPSA) is 33.6 Å². The van der Waals surface area contributed by atoms with Gasteiger partial charge in [-0.1, -0.05) is 72.8 Å². The van der Waals surface area contributed by atoms with Crippen molar-refractivity contribution in [2.24, 2.45) is 4.99 Å². The van der Waals surface area contributed by atoms with Crippen molar-refractivity contribution in [3.05, 3.63) is 102 Å². The van der Waals surface area contributed by atoms with Gasteiger partial charge in [0.25, 0.3) is 0 Å². The molecule has 4 rings (SSSR count). The first kappa shape index (κ1) is 16.4. The molecule has 1 heterocycles. The summed E-state index contributed by atoms with van der Waals surface area (Å²) in [4.78, 5) is 4.82. The largest absolute Gasteiger partial charge is 0.475 e. The molecule has 0 radical (unpaired) electrons. The second-order valence-electron chi connectivity index (χ2n) is 6.47. The molecule has 0 saturated heterocycles. The highest BCUT2D eigenvalue weighted by Crippen LogP contribution is 2.22. The number of para-hydroxylation sites is 1. The van der Waals surface area contributed by atoms with E-state index in [2.05, 4.69) is 66.0 Å². The molecule has 1 aliphatic rings. The van der Waals surface area contributed by atoms with Crippen molar-refractivity contribution < 1.29 is 4.74 Å². The van der Waals surface area contributed by atoms with Gasteiger partial charge in [0.1, 0.15) is 6.61 Å². The first-order chi connectivity index (χ1) is 12.9. The zero-order chi connectivity index (χ0) is 17.6. The number of hydrogen-bond donors (Lipinski definition) is 1. The molecule has 0 amide bonds. The van der Waals surface area contributed by atoms with Gasteiger partial charge in [0.2, 0.25) is 5.90 Å². The lowest BCUT2D eigenvalue weighted by Gasteiger charge is -2.11. The molecule has 0 fully saturated rings. The summed E-state index contributed by atoms with van der Waals surface area (Å²) in [5, 5.41) is 3.51. The predicted molar refractivity (Wildman–Crippen MR) is 107 cm³/mol. The van der Waals surface area contributed by atoms with E-state index in [0.29, 0.717) is 6.61 Å². The maximum Gasteiger partial charge on any atom is 0.218 e. The Morgan fingerprint density at radius 1 is 0.808 bits per heavy atom. The SMILES string of the molecule is c1ccc(CNc2ccccc2C2=N[C@@H](Cc3ccccc3)CO2)cc1. The lowest BCUT2D eigenvalue weighted by Crippen LogP contribution is -2.10. The molecule has 3 nitrogen and oxygen atoms in total. The molecule has 1 aliphatic heterocycles. The van der Waals surface area contributed by atoms with E-state index in [0.717, 1.165) is 30.1 Å². The Kier molecular flexibility index (Phi) is 4.97. The smallest absolute Gasteiger partial charge is 0.218 e. The van der Waals surface area contributed by atoms with E-state index in [9.17, 15) is 0 Å². The Balaban J connectivity index is 1.48. The van der Waals surface area contributed by atoms with Gasteiger partial charge in [0.05, 0.1) is 11.6 Å². The van der Waals surface area contributed by atoms with Gasteiger partial charge in [-0.25, -0.2) is 4.99 Å². The van der Waals surface area contributed by atoms with Crippen LogP contribution in [0.5, 0.6) is 0 Å². The quantitative estimate of drug-likeness (QED) is 0.705. The van der Waals surface area contributed by atoms with Gasteiger partial charge in [-0.15, -0.1) is 0 Å². The Labute approximate surface area is 154 Å². The fourth-order valence-electron chi connectivity index (χ4n) is 3.17. The third kappa shape index (κ3) is 3.94. The fraction of sp³-hybridized carbons (Fsp3) is 0.174. The van der Waals surface area contributed by atoms with Crippen molar-refractivity contribution in [2.75, 3.05) is 11.9 Å². The predicted octanol–water partition coefficient (Wildman–Crippen LogP) is 4.69. The Bertz CT molecular complexity index is 875. The molecule has 0 aliphatic carbocycles. The molecule has 1 N–H and O–H groups in total. The van der Waals surface area contributed by atoms with Crippen LogP contribution in [0, 0.1) is 0 Å². The summed E-state index contributed by atoms with van der Waals surface area (Å²) in [6.07, 6.45) is 0.907. The average Bonchev–Trinajstić information content (AvgIpc) is 3.16. The highest BCUT2D eigenvalue weighted by molar-refractivity contribution is 6.00. The molecule has 1 atom stereocenters. The maximum absolute atomic E-state index is 5.93. The minimum absolute atomic E-state index is 0.176. The number of rotatable bonds is 6. The molecule has 0 unspecified atom stereocenters. The summed E-state index contributed by atoms with van der Waals surface area (Å²) < 4.78 is 5.93. The van der Waals surface area contributed by atoms with Crippen LogP contribution in [0.25, 0.3) is 0 Å². The standard InChI is InChI=1S/C23H22N2O/c1-3-9-18(10-4-1)15-20-17-26-23(25-20)21-13-7-8-14-22(21)24-16-19-11-5-2-6-12-19/h1-14,20,24H,15-17H2/t20-/m0/s1. The van der Waals surface area contributed by atoms with Gasteiger partial charge < -0.3 is 10.1 Å². The number of ether oxygens (including phenoxy) is 1. The molecule has 3 aromatic carbocycles. The number of aliphatic imine (C=N–C) groups is 1. The molecule has 0 aromatic heterocycles. The number of anilines is 1. The summed E-state index contributed by atoms with van der Waals surface area (Å²) in [7, 11) is 0. The minimum atomic E-state index is 0.176. The van der Waals surface area contributed by atoms with Crippen LogP contribution in [0.4, 0.5) is 5.69 Å². The molecule has 0 bridgehead atoms. The summed E-state index contributed by atoms with van der Waals surface area (Å²) >= 11 is 0. The van der Waals surface area contributed by atoms with Crippen LogP contribution in [-0.4, -0.2) is 18.5 Å². The first-order valence-electron chi connectivity index (χ1n) is 9.00. The van der Waals surface area contributed by atoms with Crippen molar-refractivity contribution in [1.29, 1.82) is 0 Å². The Morgan fingerprint density at radius 2 is 1.46 bits per heavy atom. The van der Waals surface area contributed by atoms with Crippen molar-refractivity contribution in [3.63, 3.8) is 0 Å². The lowest BCUT2D eigenvalue weighted by molar-refractivity contribution is 0.317. The molecular weight excluding hydrogens is 320 g/mol. The summed E-state index contributed by atoms with van der Waals surface area (Å²) in [5.74, 6) is 0.738. The van der Waals surface area contributed by atoms with E-state index < -0.39 is 0 Å². The van der Waals surface area contributed by atoms with Gasteiger partial charge in [-0.3, -0.25) is 0 Å². The van der Waals surface area contributed by atoms with E-state index in [1.54, 1.807) is 0 Å². The van der Waals surface area contributed by atoms with E-state index in [1.807, 2.05) is 24.3 Å². The molecule has 130 valence electrons. The lowest BCUT2D eigenvalue weighted by atomic mass is 10.1. The number of benzene rings is 3. The van der Waals surface area contributed by atoms with Gasteiger partial charge in [-0.2, -0.15) is 0 Å². The highest BCUT2D eigenvalue weighted by atomic mass is 16.5. The normalized spacial score (nSPS) is 16.0. The molecule has 26 heavy (non-hydrogen) atoms. The minimum Gasteiger partial charge on any atom is -0.475 e. The third-order valence-electron chi connectivity index (χ3n) is 4.51. The number of nitrogens with zero attached hydrogens (tertiary/aromatic N) is 1. The van der Waals surface area contributed by atoms with E-state index in [1.165, 1.54) is 11.1 Å². The Morgan fingerprint density at radius 3 is 2.23 bits per heavy atom. The van der Waals surface area contributed by atoms with Crippen LogP contribution in [0.2, 0.25) is 0 Å². The van der Waals surface area contributed by atoms with Gasteiger partial charge in [-0.05, 0) is 29.7 Å². The van der Waals surface area contributed by atoms with Crippen molar-refractivity contribution in [2.45, 2.75) is 19.0 Å². The van der Waals surface area contributed by atoms with Crippen LogP contribution in [-0.2, 0) is 17.7 Å². The number of hydrogen-bond acceptors (Lipinski definition) is 3. The molecule has 3 heteroatoms. The van der Waals surface area contributed by atoms with Crippen LogP contribution in [0.3, 0.4) is 0 Å². The average molecular weight is 342 g/mol. The molecule has 3 aromatic rings. The van der Waals surface area contributed by atoms with E-state index >= 15 is 0 Å². The second kappa shape index (κ2) is 7.87. The van der Waals surface area contributed by atoms with Crippen molar-refractivity contribution >= 4 is 11.6 Å². The van der Waals surface area contributed by atoms with Crippen LogP contribution in [0.1, 0.15) is 16.7 Å². The van der Waals surface area contributed by atoms with Crippen LogP contribution < -0.4 is 5.32 Å². The fourth-order valence-corrected chi connectivity index (χ4v) is 3.17. The zero-order valence-electron chi connectivity index (χ0n) is 14.6. The highest BCUT2D eigenvalue weighted by Gasteiger charge is 2.22. The van der Waals surface area contributed by atoms with Gasteiger partial charge >= 0.3 is 0 Å². The van der Waals surface area contributed by atoms with Crippen molar-refractivity contribution in [3.8, 4) is 0 Å². The second-order valence-corrected chi connectivity index (χ2v) is 6.47. The Hall–Kier alpha value is -3.07. The molecule has 0 saturated carbocycles. The molecule has 0 spiro atoms. The summed E-state index contributed by atoms with van der Waals surface area (Å²) in [6.45, 7) is 1.41. The van der Waals surface area contributed by atoms with Crippen LogP contribution >= 0.6 is 0 Å². The van der Waals surface area contributed by atoms with E-state index in [-0.39, 0.29) is 6.04 Å². The summed E-state index contributed by atoms with van der Waals surface area (Å²) in [6, 6.07) is 29.2. The number of nitrogens with one attached hydrogen (secondary N) is 1. The van der Waals surface area contributed by atoms with Crippen LogP contribution in [0.15, 0.2) is 89.9 Å². The van der Waals surface area contributed by atoms with Gasteiger partial charge in [0.15, 0.2) is 0 Å². The van der Waals surface area contributed by atoms with Crippen molar-refractivity contribution in [1.82, 2.24) is 0 Å². The molecular formula is C23H22N2O. The maximum atomic E-state index is 5.93. The van der Waals surface area contributed by atoms with Gasteiger partial charge in [0, 0.05) is 12.2 Å². The third-order valence-corrected chi connectivity index (χ3v) is 4.51. The monoisotopic (exact) mass is 342 g/mol.